The van der Waals surface area contributed by atoms with Crippen molar-refractivity contribution in [2.75, 3.05) is 0 Å². The van der Waals surface area contributed by atoms with Gasteiger partial charge in [0.25, 0.3) is 5.91 Å². The number of nitrogens with one attached hydrogen (secondary N) is 1. The number of carbonyl (C=O) groups is 1. The zero-order valence-corrected chi connectivity index (χ0v) is 11.2. The van der Waals surface area contributed by atoms with E-state index in [4.69, 9.17) is 4.42 Å². The lowest BCUT2D eigenvalue weighted by Crippen LogP contribution is -2.22. The van der Waals surface area contributed by atoms with E-state index in [1.54, 1.807) is 43.2 Å². The normalized spacial score (nSPS) is 10.3. The Hall–Kier alpha value is -2.95. The number of carbonyl (C=O) groups excluding carboxylic acids is 1. The van der Waals surface area contributed by atoms with Gasteiger partial charge < -0.3 is 9.73 Å². The molecule has 1 amide bonds. The predicted octanol–water partition coefficient (Wildman–Crippen LogP) is 2.67. The molecule has 0 aromatic carbocycles. The minimum absolute atomic E-state index is 0.138. The standard InChI is InChI=1S/C16H13N3O2/c20-16(13-3-5-17-6-4-13)19-10-12-8-14(11-18-9-12)15-2-1-7-21-15/h1-9,11H,10H2,(H,19,20). The van der Waals surface area contributed by atoms with Crippen molar-refractivity contribution in [3.05, 3.63) is 72.5 Å². The molecular formula is C16H13N3O2. The molecule has 0 bridgehead atoms. The summed E-state index contributed by atoms with van der Waals surface area (Å²) in [7, 11) is 0. The largest absolute Gasteiger partial charge is 0.464 e. The first kappa shape index (κ1) is 13.1. The fraction of sp³-hybridized carbons (Fsp3) is 0.0625. The molecule has 0 spiro atoms. The Morgan fingerprint density at radius 2 is 2.00 bits per heavy atom. The molecule has 0 radical (unpaired) electrons. The molecule has 1 N–H and O–H groups in total. The number of hydrogen-bond acceptors (Lipinski definition) is 4. The Labute approximate surface area is 121 Å². The molecule has 0 aliphatic carbocycles. The van der Waals surface area contributed by atoms with E-state index in [2.05, 4.69) is 15.3 Å². The van der Waals surface area contributed by atoms with Crippen molar-refractivity contribution in [2.45, 2.75) is 6.54 Å². The maximum atomic E-state index is 12.0. The summed E-state index contributed by atoms with van der Waals surface area (Å²) in [6, 6.07) is 8.99. The van der Waals surface area contributed by atoms with E-state index in [0.29, 0.717) is 12.1 Å². The molecule has 3 heterocycles. The average molecular weight is 279 g/mol. The van der Waals surface area contributed by atoms with Crippen molar-refractivity contribution in [3.8, 4) is 11.3 Å². The van der Waals surface area contributed by atoms with Crippen LogP contribution in [0, 0.1) is 0 Å². The van der Waals surface area contributed by atoms with E-state index >= 15 is 0 Å². The number of rotatable bonds is 4. The average Bonchev–Trinajstić information content (AvgIpc) is 3.08. The summed E-state index contributed by atoms with van der Waals surface area (Å²) < 4.78 is 5.34. The van der Waals surface area contributed by atoms with Gasteiger partial charge >= 0.3 is 0 Å². The van der Waals surface area contributed by atoms with Crippen LogP contribution in [0.15, 0.2) is 65.8 Å². The summed E-state index contributed by atoms with van der Waals surface area (Å²) in [6.07, 6.45) is 8.25. The van der Waals surface area contributed by atoms with Gasteiger partial charge in [0.2, 0.25) is 0 Å². The van der Waals surface area contributed by atoms with Gasteiger partial charge in [0.05, 0.1) is 6.26 Å². The summed E-state index contributed by atoms with van der Waals surface area (Å²) >= 11 is 0. The maximum Gasteiger partial charge on any atom is 0.251 e. The predicted molar refractivity (Wildman–Crippen MR) is 77.3 cm³/mol. The van der Waals surface area contributed by atoms with Crippen LogP contribution in [-0.2, 0) is 6.54 Å². The molecule has 0 saturated carbocycles. The third-order valence-electron chi connectivity index (χ3n) is 3.00. The molecule has 0 atom stereocenters. The molecule has 3 rings (SSSR count). The van der Waals surface area contributed by atoms with Gasteiger partial charge in [-0.15, -0.1) is 0 Å². The van der Waals surface area contributed by atoms with Crippen molar-refractivity contribution in [3.63, 3.8) is 0 Å². The third kappa shape index (κ3) is 3.14. The minimum Gasteiger partial charge on any atom is -0.464 e. The van der Waals surface area contributed by atoms with Crippen molar-refractivity contribution >= 4 is 5.91 Å². The highest BCUT2D eigenvalue weighted by molar-refractivity contribution is 5.93. The Morgan fingerprint density at radius 1 is 1.14 bits per heavy atom. The van der Waals surface area contributed by atoms with Gasteiger partial charge in [0.1, 0.15) is 5.76 Å². The summed E-state index contributed by atoms with van der Waals surface area (Å²) in [4.78, 5) is 20.0. The van der Waals surface area contributed by atoms with Crippen LogP contribution in [0.3, 0.4) is 0 Å². The molecule has 5 heteroatoms. The second kappa shape index (κ2) is 6.00. The lowest BCUT2D eigenvalue weighted by Gasteiger charge is -2.06. The number of hydrogen-bond donors (Lipinski definition) is 1. The van der Waals surface area contributed by atoms with Gasteiger partial charge in [-0.3, -0.25) is 14.8 Å². The number of nitrogens with zero attached hydrogens (tertiary/aromatic N) is 2. The van der Waals surface area contributed by atoms with E-state index in [0.717, 1.165) is 16.9 Å². The topological polar surface area (TPSA) is 68.0 Å². The minimum atomic E-state index is -0.138. The van der Waals surface area contributed by atoms with Gasteiger partial charge in [0, 0.05) is 42.5 Å². The highest BCUT2D eigenvalue weighted by Crippen LogP contribution is 2.19. The van der Waals surface area contributed by atoms with E-state index in [-0.39, 0.29) is 5.91 Å². The molecular weight excluding hydrogens is 266 g/mol. The molecule has 21 heavy (non-hydrogen) atoms. The molecule has 3 aromatic rings. The molecule has 0 saturated heterocycles. The van der Waals surface area contributed by atoms with E-state index < -0.39 is 0 Å². The first-order valence-corrected chi connectivity index (χ1v) is 6.49. The van der Waals surface area contributed by atoms with Crippen molar-refractivity contribution in [1.82, 2.24) is 15.3 Å². The third-order valence-corrected chi connectivity index (χ3v) is 3.00. The maximum absolute atomic E-state index is 12.0. The molecule has 0 aliphatic heterocycles. The fourth-order valence-corrected chi connectivity index (χ4v) is 1.95. The van der Waals surface area contributed by atoms with Crippen molar-refractivity contribution < 1.29 is 9.21 Å². The smallest absolute Gasteiger partial charge is 0.251 e. The fourth-order valence-electron chi connectivity index (χ4n) is 1.95. The van der Waals surface area contributed by atoms with Crippen molar-refractivity contribution in [2.24, 2.45) is 0 Å². The lowest BCUT2D eigenvalue weighted by atomic mass is 10.1. The number of pyridine rings is 2. The monoisotopic (exact) mass is 279 g/mol. The molecule has 0 aliphatic rings. The highest BCUT2D eigenvalue weighted by Gasteiger charge is 2.06. The number of furan rings is 1. The van der Waals surface area contributed by atoms with Crippen LogP contribution >= 0.6 is 0 Å². The number of amides is 1. The van der Waals surface area contributed by atoms with Crippen LogP contribution in [0.25, 0.3) is 11.3 Å². The quantitative estimate of drug-likeness (QED) is 0.797. The molecule has 0 fully saturated rings. The molecule has 3 aromatic heterocycles. The van der Waals surface area contributed by atoms with E-state index in [9.17, 15) is 4.79 Å². The van der Waals surface area contributed by atoms with Crippen LogP contribution in [0.4, 0.5) is 0 Å². The van der Waals surface area contributed by atoms with Crippen LogP contribution in [0.2, 0.25) is 0 Å². The summed E-state index contributed by atoms with van der Waals surface area (Å²) in [5.41, 5.74) is 2.38. The Balaban J connectivity index is 1.69. The van der Waals surface area contributed by atoms with Gasteiger partial charge in [-0.25, -0.2) is 0 Å². The Kier molecular flexibility index (Phi) is 3.73. The van der Waals surface area contributed by atoms with E-state index in [1.807, 2.05) is 18.2 Å². The van der Waals surface area contributed by atoms with Crippen molar-refractivity contribution in [1.29, 1.82) is 0 Å². The molecule has 5 nitrogen and oxygen atoms in total. The first-order chi connectivity index (χ1) is 10.3. The van der Waals surface area contributed by atoms with Crippen LogP contribution in [0.1, 0.15) is 15.9 Å². The Morgan fingerprint density at radius 3 is 2.76 bits per heavy atom. The van der Waals surface area contributed by atoms with Gasteiger partial charge in [-0.2, -0.15) is 0 Å². The van der Waals surface area contributed by atoms with Crippen LogP contribution in [0.5, 0.6) is 0 Å². The number of aromatic nitrogens is 2. The molecule has 104 valence electrons. The second-order valence-corrected chi connectivity index (χ2v) is 4.48. The van der Waals surface area contributed by atoms with Gasteiger partial charge in [-0.1, -0.05) is 0 Å². The van der Waals surface area contributed by atoms with Crippen LogP contribution < -0.4 is 5.32 Å². The first-order valence-electron chi connectivity index (χ1n) is 6.49. The summed E-state index contributed by atoms with van der Waals surface area (Å²) in [6.45, 7) is 0.405. The second-order valence-electron chi connectivity index (χ2n) is 4.48. The van der Waals surface area contributed by atoms with Crippen LogP contribution in [-0.4, -0.2) is 15.9 Å². The van der Waals surface area contributed by atoms with E-state index in [1.165, 1.54) is 0 Å². The van der Waals surface area contributed by atoms with Gasteiger partial charge in [0.15, 0.2) is 0 Å². The lowest BCUT2D eigenvalue weighted by molar-refractivity contribution is 0.0951. The Bertz CT molecular complexity index is 724. The zero-order valence-electron chi connectivity index (χ0n) is 11.2. The SMILES string of the molecule is O=C(NCc1cncc(-c2ccco2)c1)c1ccncc1. The van der Waals surface area contributed by atoms with Gasteiger partial charge in [-0.05, 0) is 35.9 Å². The molecule has 0 unspecified atom stereocenters. The summed E-state index contributed by atoms with van der Waals surface area (Å²) in [5.74, 6) is 0.616. The highest BCUT2D eigenvalue weighted by atomic mass is 16.3. The zero-order chi connectivity index (χ0) is 14.5. The summed E-state index contributed by atoms with van der Waals surface area (Å²) in [5, 5.41) is 2.85.